The zero-order valence-electron chi connectivity index (χ0n) is 22.8. The quantitative estimate of drug-likeness (QED) is 0.273. The number of pyridine rings is 1. The molecular formula is C30H37N5O4S. The molecule has 1 saturated heterocycles. The lowest BCUT2D eigenvalue weighted by Gasteiger charge is -2.34. The van der Waals surface area contributed by atoms with Crippen molar-refractivity contribution in [1.29, 1.82) is 0 Å². The molecule has 0 unspecified atom stereocenters. The number of amides is 2. The molecule has 1 fully saturated rings. The number of likely N-dealkylation sites (tertiary alicyclic amines) is 1. The number of carboxylic acids is 1. The van der Waals surface area contributed by atoms with Crippen LogP contribution in [0.5, 0.6) is 0 Å². The topological polar surface area (TPSA) is 115 Å². The summed E-state index contributed by atoms with van der Waals surface area (Å²) in [6.45, 7) is 1.35. The minimum atomic E-state index is -1.02. The van der Waals surface area contributed by atoms with Crippen LogP contribution in [0.15, 0.2) is 66.9 Å². The molecular weight excluding hydrogens is 526 g/mol. The van der Waals surface area contributed by atoms with Gasteiger partial charge in [0.1, 0.15) is 11.9 Å². The van der Waals surface area contributed by atoms with E-state index in [2.05, 4.69) is 33.8 Å². The zero-order chi connectivity index (χ0) is 28.3. The fourth-order valence-electron chi connectivity index (χ4n) is 5.21. The first-order valence-corrected chi connectivity index (χ1v) is 15.0. The summed E-state index contributed by atoms with van der Waals surface area (Å²) in [5.41, 5.74) is 1.07. The van der Waals surface area contributed by atoms with Crippen molar-refractivity contribution in [3.63, 3.8) is 0 Å². The van der Waals surface area contributed by atoms with Gasteiger partial charge in [-0.2, -0.15) is 11.8 Å². The molecule has 2 aromatic carbocycles. The first kappa shape index (κ1) is 29.4. The molecule has 2 heterocycles. The molecule has 2 amide bonds. The van der Waals surface area contributed by atoms with Gasteiger partial charge >= 0.3 is 5.97 Å². The van der Waals surface area contributed by atoms with Crippen LogP contribution >= 0.6 is 11.8 Å². The maximum Gasteiger partial charge on any atom is 0.326 e. The molecule has 0 spiro atoms. The van der Waals surface area contributed by atoms with Gasteiger partial charge in [-0.15, -0.1) is 0 Å². The number of carbonyl (C=O) groups is 3. The number of nitrogens with one attached hydrogen (secondary N) is 2. The van der Waals surface area contributed by atoms with Crippen molar-refractivity contribution in [2.24, 2.45) is 0 Å². The van der Waals surface area contributed by atoms with Gasteiger partial charge in [-0.05, 0) is 59.7 Å². The van der Waals surface area contributed by atoms with E-state index in [4.69, 9.17) is 0 Å². The van der Waals surface area contributed by atoms with Crippen molar-refractivity contribution >= 4 is 46.1 Å². The van der Waals surface area contributed by atoms with E-state index >= 15 is 0 Å². The van der Waals surface area contributed by atoms with E-state index in [9.17, 15) is 19.5 Å². The van der Waals surface area contributed by atoms with Crippen LogP contribution in [0.25, 0.3) is 10.8 Å². The second-order valence-electron chi connectivity index (χ2n) is 9.88. The Morgan fingerprint density at radius 3 is 2.67 bits per heavy atom. The maximum atomic E-state index is 13.6. The van der Waals surface area contributed by atoms with Gasteiger partial charge < -0.3 is 25.5 Å². The molecule has 212 valence electrons. The number of benzene rings is 2. The third-order valence-electron chi connectivity index (χ3n) is 7.24. The maximum absolute atomic E-state index is 13.6. The summed E-state index contributed by atoms with van der Waals surface area (Å²) in [6.07, 6.45) is 5.45. The number of carbonyl (C=O) groups excluding carboxylic acids is 2. The van der Waals surface area contributed by atoms with Gasteiger partial charge in [0.15, 0.2) is 0 Å². The smallest absolute Gasteiger partial charge is 0.326 e. The fraction of sp³-hybridized carbons (Fsp3) is 0.400. The molecule has 40 heavy (non-hydrogen) atoms. The van der Waals surface area contributed by atoms with Crippen LogP contribution < -0.4 is 10.6 Å². The number of anilines is 1. The van der Waals surface area contributed by atoms with Gasteiger partial charge in [0.2, 0.25) is 11.8 Å². The molecule has 1 aliphatic rings. The van der Waals surface area contributed by atoms with Gasteiger partial charge in [-0.25, -0.2) is 9.78 Å². The molecule has 3 N–H and O–H groups in total. The average molecular weight is 564 g/mol. The van der Waals surface area contributed by atoms with E-state index < -0.39 is 12.0 Å². The van der Waals surface area contributed by atoms with Crippen LogP contribution in [-0.2, 0) is 20.9 Å². The summed E-state index contributed by atoms with van der Waals surface area (Å²) in [5.74, 6) is -0.163. The summed E-state index contributed by atoms with van der Waals surface area (Å²) >= 11 is 1.55. The third kappa shape index (κ3) is 7.73. The molecule has 2 atom stereocenters. The van der Waals surface area contributed by atoms with Crippen LogP contribution in [0, 0.1) is 0 Å². The highest BCUT2D eigenvalue weighted by Crippen LogP contribution is 2.22. The zero-order valence-corrected chi connectivity index (χ0v) is 23.6. The highest BCUT2D eigenvalue weighted by Gasteiger charge is 2.36. The van der Waals surface area contributed by atoms with E-state index in [-0.39, 0.29) is 37.5 Å². The standard InChI is InChI=1S/C30H37N5O4S/c1-40-17-14-26(30(38)39)35(28(36)19-31-18-23-10-6-9-22-8-2-3-12-25(22)23)21-24-11-7-16-34(24)29(37)20-33-27-13-4-5-15-32-27/h2-6,8-10,12-13,15,24,26,31H,7,11,14,16-21H2,1H3,(H,32,33)(H,38,39)/t24-,26-/m0/s1. The van der Waals surface area contributed by atoms with Gasteiger partial charge in [-0.3, -0.25) is 9.59 Å². The number of thioether (sulfide) groups is 1. The number of fused-ring (bicyclic) bond motifs is 1. The lowest BCUT2D eigenvalue weighted by atomic mass is 10.0. The van der Waals surface area contributed by atoms with E-state index in [1.807, 2.05) is 42.7 Å². The number of nitrogens with zero attached hydrogens (tertiary/aromatic N) is 3. The Bertz CT molecular complexity index is 1290. The average Bonchev–Trinajstić information content (AvgIpc) is 3.44. The molecule has 4 rings (SSSR count). The summed E-state index contributed by atoms with van der Waals surface area (Å²) in [7, 11) is 0. The van der Waals surface area contributed by atoms with E-state index in [0.29, 0.717) is 31.1 Å². The highest BCUT2D eigenvalue weighted by atomic mass is 32.2. The van der Waals surface area contributed by atoms with Crippen molar-refractivity contribution in [2.75, 3.05) is 43.5 Å². The van der Waals surface area contributed by atoms with Gasteiger partial charge in [-0.1, -0.05) is 48.5 Å². The Morgan fingerprint density at radius 1 is 1.10 bits per heavy atom. The van der Waals surface area contributed by atoms with Gasteiger partial charge in [0, 0.05) is 31.9 Å². The lowest BCUT2D eigenvalue weighted by molar-refractivity contribution is -0.151. The van der Waals surface area contributed by atoms with Crippen molar-refractivity contribution < 1.29 is 19.5 Å². The predicted octanol–water partition coefficient (Wildman–Crippen LogP) is 3.46. The SMILES string of the molecule is CSCC[C@@H](C(=O)O)N(C[C@@H]1CCCN1C(=O)CNc1ccccn1)C(=O)CNCc1cccc2ccccc12. The third-order valence-corrected chi connectivity index (χ3v) is 7.88. The number of hydrogen-bond donors (Lipinski definition) is 3. The highest BCUT2D eigenvalue weighted by molar-refractivity contribution is 7.98. The van der Waals surface area contributed by atoms with Gasteiger partial charge in [0.25, 0.3) is 0 Å². The minimum Gasteiger partial charge on any atom is -0.480 e. The van der Waals surface area contributed by atoms with Crippen LogP contribution in [0.1, 0.15) is 24.8 Å². The Morgan fingerprint density at radius 2 is 1.90 bits per heavy atom. The number of hydrogen-bond acceptors (Lipinski definition) is 7. The molecule has 1 aliphatic heterocycles. The molecule has 0 bridgehead atoms. The minimum absolute atomic E-state index is 0.00810. The van der Waals surface area contributed by atoms with Crippen molar-refractivity contribution in [3.05, 3.63) is 72.4 Å². The normalized spacial score (nSPS) is 15.6. The second-order valence-corrected chi connectivity index (χ2v) is 10.9. The molecule has 0 aliphatic carbocycles. The molecule has 10 heteroatoms. The van der Waals surface area contributed by atoms with E-state index in [0.717, 1.165) is 29.2 Å². The Balaban J connectivity index is 1.43. The van der Waals surface area contributed by atoms with E-state index in [1.54, 1.807) is 28.9 Å². The Kier molecular flexibility index (Phi) is 10.8. The van der Waals surface area contributed by atoms with Crippen molar-refractivity contribution in [1.82, 2.24) is 20.1 Å². The van der Waals surface area contributed by atoms with E-state index in [1.165, 1.54) is 4.90 Å². The lowest BCUT2D eigenvalue weighted by Crippen LogP contribution is -2.54. The number of aliphatic carboxylic acids is 1. The fourth-order valence-corrected chi connectivity index (χ4v) is 5.67. The Labute approximate surface area is 239 Å². The first-order valence-electron chi connectivity index (χ1n) is 13.6. The summed E-state index contributed by atoms with van der Waals surface area (Å²) in [4.78, 5) is 46.4. The molecule has 1 aromatic heterocycles. The molecule has 0 radical (unpaired) electrons. The molecule has 3 aromatic rings. The number of carboxylic acid groups (broad SMARTS) is 1. The van der Waals surface area contributed by atoms with Crippen molar-refractivity contribution in [3.8, 4) is 0 Å². The Hall–Kier alpha value is -3.63. The monoisotopic (exact) mass is 563 g/mol. The van der Waals surface area contributed by atoms with Crippen LogP contribution in [0.2, 0.25) is 0 Å². The van der Waals surface area contributed by atoms with Crippen molar-refractivity contribution in [2.45, 2.75) is 37.9 Å². The molecule has 0 saturated carbocycles. The van der Waals surface area contributed by atoms with Crippen LogP contribution in [-0.4, -0.2) is 87.9 Å². The summed E-state index contributed by atoms with van der Waals surface area (Å²) in [5, 5.41) is 18.6. The second kappa shape index (κ2) is 14.7. The number of rotatable bonds is 14. The van der Waals surface area contributed by atoms with Gasteiger partial charge in [0.05, 0.1) is 13.1 Å². The number of aromatic nitrogens is 1. The van der Waals surface area contributed by atoms with Crippen LogP contribution in [0.4, 0.5) is 5.82 Å². The predicted molar refractivity (Wildman–Crippen MR) is 159 cm³/mol. The van der Waals surface area contributed by atoms with Crippen LogP contribution in [0.3, 0.4) is 0 Å². The summed E-state index contributed by atoms with van der Waals surface area (Å²) in [6, 6.07) is 18.4. The summed E-state index contributed by atoms with van der Waals surface area (Å²) < 4.78 is 0. The molecule has 9 nitrogen and oxygen atoms in total. The first-order chi connectivity index (χ1) is 19.5. The largest absolute Gasteiger partial charge is 0.480 e.